The van der Waals surface area contributed by atoms with Gasteiger partial charge >= 0.3 is 0 Å². The Labute approximate surface area is 95.6 Å². The predicted molar refractivity (Wildman–Crippen MR) is 59.9 cm³/mol. The van der Waals surface area contributed by atoms with Crippen LogP contribution >= 0.6 is 0 Å². The summed E-state index contributed by atoms with van der Waals surface area (Å²) in [6.45, 7) is 1.13. The van der Waals surface area contributed by atoms with Gasteiger partial charge in [-0.2, -0.15) is 5.26 Å². The van der Waals surface area contributed by atoms with Gasteiger partial charge in [-0.1, -0.05) is 12.1 Å². The Morgan fingerprint density at radius 1 is 1.25 bits per heavy atom. The second-order valence-corrected chi connectivity index (χ2v) is 4.06. The molecule has 0 heterocycles. The molecule has 2 rings (SSSR count). The zero-order chi connectivity index (χ0) is 11.2. The van der Waals surface area contributed by atoms with Crippen molar-refractivity contribution in [2.45, 2.75) is 19.3 Å². The average Bonchev–Trinajstić information content (AvgIpc) is 3.11. The molecule has 1 aliphatic rings. The van der Waals surface area contributed by atoms with Crippen LogP contribution in [0.15, 0.2) is 24.3 Å². The van der Waals surface area contributed by atoms with Crippen molar-refractivity contribution in [3.63, 3.8) is 0 Å². The van der Waals surface area contributed by atoms with E-state index in [0.29, 0.717) is 13.2 Å². The fourth-order valence-corrected chi connectivity index (χ4v) is 1.40. The van der Waals surface area contributed by atoms with E-state index >= 15 is 0 Å². The second kappa shape index (κ2) is 5.53. The molecule has 0 radical (unpaired) electrons. The summed E-state index contributed by atoms with van der Waals surface area (Å²) >= 11 is 0. The Morgan fingerprint density at radius 3 is 2.62 bits per heavy atom. The average molecular weight is 217 g/mol. The van der Waals surface area contributed by atoms with Gasteiger partial charge in [0.15, 0.2) is 6.79 Å². The van der Waals surface area contributed by atoms with Crippen molar-refractivity contribution in [2.24, 2.45) is 5.92 Å². The summed E-state index contributed by atoms with van der Waals surface area (Å²) < 4.78 is 10.8. The zero-order valence-corrected chi connectivity index (χ0v) is 9.19. The van der Waals surface area contributed by atoms with Crippen LogP contribution in [0.4, 0.5) is 0 Å². The largest absolute Gasteiger partial charge is 0.468 e. The lowest BCUT2D eigenvalue weighted by Crippen LogP contribution is -2.05. The van der Waals surface area contributed by atoms with E-state index in [0.717, 1.165) is 23.8 Å². The van der Waals surface area contributed by atoms with Gasteiger partial charge in [0.05, 0.1) is 19.1 Å². The van der Waals surface area contributed by atoms with Crippen LogP contribution in [0.1, 0.15) is 18.4 Å². The number of hydrogen-bond donors (Lipinski definition) is 0. The fraction of sp³-hybridized carbons (Fsp3) is 0.462. The lowest BCUT2D eigenvalue weighted by atomic mass is 10.2. The molecule has 0 bridgehead atoms. The maximum atomic E-state index is 8.52. The molecule has 0 aliphatic heterocycles. The summed E-state index contributed by atoms with van der Waals surface area (Å²) in [5, 5.41) is 8.52. The van der Waals surface area contributed by atoms with Crippen LogP contribution in [0.2, 0.25) is 0 Å². The highest BCUT2D eigenvalue weighted by Gasteiger charge is 2.20. The quantitative estimate of drug-likeness (QED) is 0.543. The Morgan fingerprint density at radius 2 is 2.00 bits per heavy atom. The Hall–Kier alpha value is -1.53. The first-order chi connectivity index (χ1) is 7.88. The number of ether oxygens (including phenoxy) is 2. The maximum Gasteiger partial charge on any atom is 0.189 e. The van der Waals surface area contributed by atoms with Crippen molar-refractivity contribution < 1.29 is 9.47 Å². The van der Waals surface area contributed by atoms with E-state index in [4.69, 9.17) is 14.7 Å². The van der Waals surface area contributed by atoms with Crippen LogP contribution in [-0.2, 0) is 11.2 Å². The summed E-state index contributed by atoms with van der Waals surface area (Å²) in [6, 6.07) is 9.65. The Balaban J connectivity index is 1.69. The monoisotopic (exact) mass is 217 g/mol. The Kier molecular flexibility index (Phi) is 3.79. The summed E-state index contributed by atoms with van der Waals surface area (Å²) in [4.78, 5) is 0. The molecule has 1 aromatic carbocycles. The normalized spacial score (nSPS) is 14.4. The minimum absolute atomic E-state index is 0.314. The van der Waals surface area contributed by atoms with E-state index in [-0.39, 0.29) is 0 Å². The highest BCUT2D eigenvalue weighted by atomic mass is 16.7. The van der Waals surface area contributed by atoms with Crippen LogP contribution in [0.3, 0.4) is 0 Å². The number of benzene rings is 1. The molecular formula is C13H15NO2. The van der Waals surface area contributed by atoms with Crippen molar-refractivity contribution in [3.05, 3.63) is 29.8 Å². The highest BCUT2D eigenvalue weighted by Crippen LogP contribution is 2.28. The summed E-state index contributed by atoms with van der Waals surface area (Å²) in [7, 11) is 0. The van der Waals surface area contributed by atoms with Crippen LogP contribution < -0.4 is 4.74 Å². The molecule has 1 aromatic rings. The molecule has 3 heteroatoms. The Bertz CT molecular complexity index is 363. The molecule has 16 heavy (non-hydrogen) atoms. The molecule has 0 N–H and O–H groups in total. The summed E-state index contributed by atoms with van der Waals surface area (Å²) in [5.74, 6) is 1.55. The fourth-order valence-electron chi connectivity index (χ4n) is 1.40. The molecular weight excluding hydrogens is 202 g/mol. The minimum atomic E-state index is 0.314. The molecule has 84 valence electrons. The third kappa shape index (κ3) is 3.56. The van der Waals surface area contributed by atoms with Gasteiger partial charge in [0.1, 0.15) is 5.75 Å². The SMILES string of the molecule is N#CCc1ccc(OCOCC2CC2)cc1. The lowest BCUT2D eigenvalue weighted by Gasteiger charge is -2.06. The van der Waals surface area contributed by atoms with Gasteiger partial charge in [-0.15, -0.1) is 0 Å². The second-order valence-electron chi connectivity index (χ2n) is 4.06. The van der Waals surface area contributed by atoms with Crippen molar-refractivity contribution in [1.29, 1.82) is 5.26 Å². The molecule has 1 saturated carbocycles. The first-order valence-corrected chi connectivity index (χ1v) is 5.55. The van der Waals surface area contributed by atoms with Gasteiger partial charge in [0.25, 0.3) is 0 Å². The van der Waals surface area contributed by atoms with E-state index in [1.54, 1.807) is 0 Å². The van der Waals surface area contributed by atoms with Gasteiger partial charge in [0, 0.05) is 0 Å². The molecule has 0 amide bonds. The van der Waals surface area contributed by atoms with E-state index in [1.165, 1.54) is 12.8 Å². The lowest BCUT2D eigenvalue weighted by molar-refractivity contribution is 0.00997. The molecule has 1 aliphatic carbocycles. The standard InChI is InChI=1S/C13H15NO2/c14-8-7-11-3-5-13(6-4-11)16-10-15-9-12-1-2-12/h3-6,12H,1-2,7,9-10H2. The first-order valence-electron chi connectivity index (χ1n) is 5.55. The molecule has 0 saturated heterocycles. The molecule has 0 spiro atoms. The zero-order valence-electron chi connectivity index (χ0n) is 9.19. The molecule has 0 aromatic heterocycles. The molecule has 0 atom stereocenters. The third-order valence-electron chi connectivity index (χ3n) is 2.57. The van der Waals surface area contributed by atoms with Crippen molar-refractivity contribution >= 4 is 0 Å². The van der Waals surface area contributed by atoms with Crippen LogP contribution in [0.5, 0.6) is 5.75 Å². The van der Waals surface area contributed by atoms with Gasteiger partial charge in [0.2, 0.25) is 0 Å². The number of nitriles is 1. The van der Waals surface area contributed by atoms with Crippen molar-refractivity contribution in [1.82, 2.24) is 0 Å². The molecule has 1 fully saturated rings. The van der Waals surface area contributed by atoms with Crippen LogP contribution in [0, 0.1) is 17.2 Å². The van der Waals surface area contributed by atoms with Crippen LogP contribution in [-0.4, -0.2) is 13.4 Å². The predicted octanol–water partition coefficient (Wildman–Crippen LogP) is 2.52. The van der Waals surface area contributed by atoms with Gasteiger partial charge < -0.3 is 9.47 Å². The summed E-state index contributed by atoms with van der Waals surface area (Å²) in [6.07, 6.45) is 3.03. The summed E-state index contributed by atoms with van der Waals surface area (Å²) in [5.41, 5.74) is 1.01. The van der Waals surface area contributed by atoms with E-state index in [1.807, 2.05) is 24.3 Å². The van der Waals surface area contributed by atoms with Gasteiger partial charge in [-0.05, 0) is 36.5 Å². The molecule has 0 unspecified atom stereocenters. The maximum absolute atomic E-state index is 8.52. The number of rotatable bonds is 6. The number of hydrogen-bond acceptors (Lipinski definition) is 3. The number of nitrogens with zero attached hydrogens (tertiary/aromatic N) is 1. The van der Waals surface area contributed by atoms with E-state index in [2.05, 4.69) is 6.07 Å². The topological polar surface area (TPSA) is 42.2 Å². The molecule has 3 nitrogen and oxygen atoms in total. The first kappa shape index (κ1) is 11.0. The van der Waals surface area contributed by atoms with Crippen molar-refractivity contribution in [2.75, 3.05) is 13.4 Å². The van der Waals surface area contributed by atoms with Gasteiger partial charge in [-0.3, -0.25) is 0 Å². The third-order valence-corrected chi connectivity index (χ3v) is 2.57. The smallest absolute Gasteiger partial charge is 0.189 e. The van der Waals surface area contributed by atoms with E-state index < -0.39 is 0 Å². The van der Waals surface area contributed by atoms with Gasteiger partial charge in [-0.25, -0.2) is 0 Å². The highest BCUT2D eigenvalue weighted by molar-refractivity contribution is 5.28. The van der Waals surface area contributed by atoms with Crippen LogP contribution in [0.25, 0.3) is 0 Å². The minimum Gasteiger partial charge on any atom is -0.468 e. The van der Waals surface area contributed by atoms with Crippen molar-refractivity contribution in [3.8, 4) is 11.8 Å². The van der Waals surface area contributed by atoms with E-state index in [9.17, 15) is 0 Å².